The molecule has 1 spiro atoms. The molecule has 2 aliphatic heterocycles. The Balaban J connectivity index is 1.29. The standard InChI is InChI=1S/C28H31N3O5S2/c1-27(2)19-12-13-28(27)17-38(35,36)31(23(28)14-19)26(34)22(16-37-15-18-8-4-3-5-9-18)29-30-24(32)20-10-6-7-11-21(20)25(30)33/h3-11,19,22-23,29H,12-17H2,1-2H3/t19-,22-,23-,28-/m1/s1. The van der Waals surface area contributed by atoms with Gasteiger partial charge in [0.05, 0.1) is 22.9 Å². The van der Waals surface area contributed by atoms with E-state index in [1.54, 1.807) is 24.3 Å². The smallest absolute Gasteiger partial charge is 0.272 e. The summed E-state index contributed by atoms with van der Waals surface area (Å²) in [6, 6.07) is 14.8. The van der Waals surface area contributed by atoms with Crippen LogP contribution in [-0.4, -0.2) is 59.0 Å². The second-order valence-electron chi connectivity index (χ2n) is 11.4. The largest absolute Gasteiger partial charge is 0.276 e. The van der Waals surface area contributed by atoms with Crippen molar-refractivity contribution in [2.24, 2.45) is 16.7 Å². The fraction of sp³-hybridized carbons (Fsp3) is 0.464. The van der Waals surface area contributed by atoms with E-state index in [1.807, 2.05) is 30.3 Å². The Labute approximate surface area is 227 Å². The monoisotopic (exact) mass is 553 g/mol. The van der Waals surface area contributed by atoms with Crippen LogP contribution in [0.1, 0.15) is 59.4 Å². The van der Waals surface area contributed by atoms with Gasteiger partial charge >= 0.3 is 0 Å². The number of nitrogens with zero attached hydrogens (tertiary/aromatic N) is 2. The van der Waals surface area contributed by atoms with Crippen molar-refractivity contribution in [3.05, 3.63) is 71.3 Å². The van der Waals surface area contributed by atoms with Crippen LogP contribution in [0.3, 0.4) is 0 Å². The first-order chi connectivity index (χ1) is 18.1. The number of fused-ring (bicyclic) bond motifs is 2. The van der Waals surface area contributed by atoms with Gasteiger partial charge in [-0.1, -0.05) is 56.3 Å². The van der Waals surface area contributed by atoms with Gasteiger partial charge in [0.2, 0.25) is 10.0 Å². The van der Waals surface area contributed by atoms with E-state index >= 15 is 0 Å². The van der Waals surface area contributed by atoms with E-state index in [9.17, 15) is 22.8 Å². The lowest BCUT2D eigenvalue weighted by Gasteiger charge is -2.37. The van der Waals surface area contributed by atoms with Crippen LogP contribution in [-0.2, 0) is 20.6 Å². The number of thioether (sulfide) groups is 1. The summed E-state index contributed by atoms with van der Waals surface area (Å²) in [7, 11) is -3.85. The van der Waals surface area contributed by atoms with E-state index in [-0.39, 0.29) is 34.1 Å². The molecule has 10 heteroatoms. The number of carbonyl (C=O) groups is 3. The Bertz CT molecular complexity index is 1390. The molecule has 38 heavy (non-hydrogen) atoms. The molecule has 3 fully saturated rings. The summed E-state index contributed by atoms with van der Waals surface area (Å²) in [6.45, 7) is 4.27. The predicted octanol–water partition coefficient (Wildman–Crippen LogP) is 3.46. The van der Waals surface area contributed by atoms with Crippen LogP contribution in [0, 0.1) is 16.7 Å². The Morgan fingerprint density at radius 1 is 1.05 bits per heavy atom. The molecule has 2 saturated carbocycles. The number of nitrogens with one attached hydrogen (secondary N) is 1. The highest BCUT2D eigenvalue weighted by Crippen LogP contribution is 2.70. The van der Waals surface area contributed by atoms with Crippen LogP contribution < -0.4 is 5.43 Å². The van der Waals surface area contributed by atoms with Gasteiger partial charge in [-0.05, 0) is 48.3 Å². The Kier molecular flexibility index (Phi) is 6.01. The van der Waals surface area contributed by atoms with Gasteiger partial charge in [-0.2, -0.15) is 11.8 Å². The van der Waals surface area contributed by atoms with Crippen molar-refractivity contribution >= 4 is 39.5 Å². The molecule has 2 heterocycles. The van der Waals surface area contributed by atoms with Gasteiger partial charge in [-0.15, -0.1) is 0 Å². The van der Waals surface area contributed by atoms with Gasteiger partial charge in [0.25, 0.3) is 17.7 Å². The minimum absolute atomic E-state index is 0.0310. The van der Waals surface area contributed by atoms with Crippen molar-refractivity contribution in [3.63, 3.8) is 0 Å². The van der Waals surface area contributed by atoms with Crippen LogP contribution in [0.5, 0.6) is 0 Å². The molecule has 0 radical (unpaired) electrons. The summed E-state index contributed by atoms with van der Waals surface area (Å²) < 4.78 is 28.2. The fourth-order valence-electron chi connectivity index (χ4n) is 7.23. The van der Waals surface area contributed by atoms with Crippen LogP contribution >= 0.6 is 11.8 Å². The lowest BCUT2D eigenvalue weighted by Crippen LogP contribution is -2.58. The summed E-state index contributed by atoms with van der Waals surface area (Å²) in [5.74, 6) is -0.544. The quantitative estimate of drug-likeness (QED) is 0.524. The number of hydrazine groups is 1. The molecule has 200 valence electrons. The highest BCUT2D eigenvalue weighted by Gasteiger charge is 2.72. The van der Waals surface area contributed by atoms with Crippen LogP contribution in [0.2, 0.25) is 0 Å². The van der Waals surface area contributed by atoms with Gasteiger partial charge in [0.1, 0.15) is 6.04 Å². The molecule has 8 nitrogen and oxygen atoms in total. The molecule has 0 aromatic heterocycles. The molecule has 4 aliphatic rings. The van der Waals surface area contributed by atoms with Gasteiger partial charge < -0.3 is 0 Å². The Morgan fingerprint density at radius 3 is 2.32 bits per heavy atom. The lowest BCUT2D eigenvalue weighted by molar-refractivity contribution is -0.131. The van der Waals surface area contributed by atoms with E-state index in [0.717, 1.165) is 27.7 Å². The highest BCUT2D eigenvalue weighted by molar-refractivity contribution is 7.98. The first-order valence-corrected chi connectivity index (χ1v) is 15.7. The third kappa shape index (κ3) is 3.67. The summed E-state index contributed by atoms with van der Waals surface area (Å²) in [5, 5.41) is 0.875. The van der Waals surface area contributed by atoms with Crippen LogP contribution in [0.4, 0.5) is 0 Å². The summed E-state index contributed by atoms with van der Waals surface area (Å²) >= 11 is 1.46. The number of hydrogen-bond donors (Lipinski definition) is 1. The topological polar surface area (TPSA) is 104 Å². The second-order valence-corrected chi connectivity index (χ2v) is 14.3. The fourth-order valence-corrected chi connectivity index (χ4v) is 10.8. The van der Waals surface area contributed by atoms with Crippen molar-refractivity contribution in [1.29, 1.82) is 0 Å². The highest BCUT2D eigenvalue weighted by atomic mass is 32.2. The molecule has 1 saturated heterocycles. The average Bonchev–Trinajstić information content (AvgIpc) is 3.46. The molecule has 2 bridgehead atoms. The predicted molar refractivity (Wildman–Crippen MR) is 144 cm³/mol. The number of imide groups is 1. The first kappa shape index (κ1) is 25.6. The van der Waals surface area contributed by atoms with Crippen molar-refractivity contribution in [2.75, 3.05) is 11.5 Å². The second kappa shape index (κ2) is 8.93. The molecular weight excluding hydrogens is 522 g/mol. The molecular formula is C28H31N3O5S2. The van der Waals surface area contributed by atoms with Crippen molar-refractivity contribution in [3.8, 4) is 0 Å². The SMILES string of the molecule is CC1(C)[C@@H]2CC[C@]13CS(=O)(=O)N(C(=O)[C@@H](CSCc1ccccc1)NN1C(=O)c4ccccc4C1=O)[C@@H]3C2. The minimum atomic E-state index is -3.85. The van der Waals surface area contributed by atoms with Gasteiger partial charge in [-0.3, -0.25) is 14.4 Å². The third-order valence-corrected chi connectivity index (χ3v) is 12.4. The Hall–Kier alpha value is -2.69. The Morgan fingerprint density at radius 2 is 1.68 bits per heavy atom. The van der Waals surface area contributed by atoms with Crippen LogP contribution in [0.25, 0.3) is 0 Å². The van der Waals surface area contributed by atoms with E-state index in [0.29, 0.717) is 18.1 Å². The maximum absolute atomic E-state index is 14.1. The molecule has 2 aromatic rings. The maximum Gasteiger partial charge on any atom is 0.276 e. The molecule has 2 aromatic carbocycles. The molecule has 1 N–H and O–H groups in total. The van der Waals surface area contributed by atoms with Crippen LogP contribution in [0.15, 0.2) is 54.6 Å². The molecule has 0 unspecified atom stereocenters. The van der Waals surface area contributed by atoms with Crippen molar-refractivity contribution in [1.82, 2.24) is 14.7 Å². The molecule has 2 aliphatic carbocycles. The normalized spacial score (nSPS) is 29.0. The van der Waals surface area contributed by atoms with E-state index in [1.165, 1.54) is 11.8 Å². The number of amides is 3. The average molecular weight is 554 g/mol. The van der Waals surface area contributed by atoms with Crippen molar-refractivity contribution in [2.45, 2.75) is 50.9 Å². The van der Waals surface area contributed by atoms with Crippen molar-refractivity contribution < 1.29 is 22.8 Å². The molecule has 6 rings (SSSR count). The zero-order valence-corrected chi connectivity index (χ0v) is 23.1. The zero-order valence-electron chi connectivity index (χ0n) is 21.4. The number of benzene rings is 2. The van der Waals surface area contributed by atoms with Gasteiger partial charge in [0.15, 0.2) is 0 Å². The number of sulfonamides is 1. The number of carbonyl (C=O) groups excluding carboxylic acids is 3. The van der Waals surface area contributed by atoms with E-state index in [4.69, 9.17) is 0 Å². The summed E-state index contributed by atoms with van der Waals surface area (Å²) in [5.41, 5.74) is 3.82. The minimum Gasteiger partial charge on any atom is -0.272 e. The van der Waals surface area contributed by atoms with E-state index in [2.05, 4.69) is 19.3 Å². The lowest BCUT2D eigenvalue weighted by atomic mass is 9.69. The number of hydrogen-bond acceptors (Lipinski definition) is 7. The summed E-state index contributed by atoms with van der Waals surface area (Å²) in [4.78, 5) is 40.3. The van der Waals surface area contributed by atoms with Gasteiger partial charge in [-0.25, -0.2) is 23.2 Å². The van der Waals surface area contributed by atoms with E-state index < -0.39 is 39.2 Å². The third-order valence-electron chi connectivity index (χ3n) is 9.40. The first-order valence-electron chi connectivity index (χ1n) is 13.0. The maximum atomic E-state index is 14.1. The zero-order chi connectivity index (χ0) is 26.9. The molecule has 3 amide bonds. The number of rotatable bonds is 7. The molecule has 4 atom stereocenters. The summed E-state index contributed by atoms with van der Waals surface area (Å²) in [6.07, 6.45) is 2.43. The van der Waals surface area contributed by atoms with Gasteiger partial charge in [0, 0.05) is 16.9 Å².